The Labute approximate surface area is 200 Å². The predicted molar refractivity (Wildman–Crippen MR) is 129 cm³/mol. The number of rotatable bonds is 9. The van der Waals surface area contributed by atoms with E-state index in [1.54, 1.807) is 48.0 Å². The molecule has 0 aliphatic heterocycles. The van der Waals surface area contributed by atoms with Crippen LogP contribution in [0.3, 0.4) is 0 Å². The number of nitrogens with one attached hydrogen (secondary N) is 2. The van der Waals surface area contributed by atoms with Crippen LogP contribution in [0.4, 0.5) is 5.69 Å². The Morgan fingerprint density at radius 1 is 1.00 bits per heavy atom. The summed E-state index contributed by atoms with van der Waals surface area (Å²) in [7, 11) is 3.08. The fraction of sp³-hybridized carbons (Fsp3) is 0.167. The number of hydrogen-bond donors (Lipinski definition) is 2. The van der Waals surface area contributed by atoms with Crippen molar-refractivity contribution in [1.82, 2.24) is 19.9 Å². The van der Waals surface area contributed by atoms with E-state index in [1.165, 1.54) is 18.9 Å². The number of methoxy groups -OCH3 is 2. The minimum absolute atomic E-state index is 0.0976. The number of carbonyl (C=O) groups is 2. The molecule has 0 saturated heterocycles. The van der Waals surface area contributed by atoms with E-state index in [4.69, 9.17) is 9.47 Å². The second-order valence-corrected chi connectivity index (χ2v) is 8.14. The highest BCUT2D eigenvalue weighted by atomic mass is 32.2. The molecule has 0 fully saturated rings. The number of pyridine rings is 1. The quantitative estimate of drug-likeness (QED) is 0.356. The van der Waals surface area contributed by atoms with Crippen LogP contribution in [0.25, 0.3) is 5.65 Å². The van der Waals surface area contributed by atoms with Crippen LogP contribution in [0, 0.1) is 0 Å². The molecule has 4 rings (SSSR count). The number of carbonyl (C=O) groups excluding carboxylic acids is 2. The van der Waals surface area contributed by atoms with Crippen molar-refractivity contribution in [1.29, 1.82) is 0 Å². The molecule has 2 amide bonds. The van der Waals surface area contributed by atoms with Crippen LogP contribution in [0.2, 0.25) is 0 Å². The average molecular weight is 478 g/mol. The SMILES string of the molecule is COc1ccc(NC(=O)CSc2nnc3ccc(C(=O)NCc4ccccc4)cn23)c(OC)c1. The van der Waals surface area contributed by atoms with Crippen LogP contribution < -0.4 is 20.1 Å². The van der Waals surface area contributed by atoms with E-state index < -0.39 is 0 Å². The van der Waals surface area contributed by atoms with Gasteiger partial charge in [-0.3, -0.25) is 14.0 Å². The molecule has 2 N–H and O–H groups in total. The molecule has 0 aliphatic rings. The van der Waals surface area contributed by atoms with E-state index >= 15 is 0 Å². The molecule has 0 saturated carbocycles. The Bertz CT molecular complexity index is 1310. The van der Waals surface area contributed by atoms with Gasteiger partial charge in [0.25, 0.3) is 5.91 Å². The highest BCUT2D eigenvalue weighted by molar-refractivity contribution is 7.99. The molecule has 0 spiro atoms. The zero-order chi connectivity index (χ0) is 23.9. The van der Waals surface area contributed by atoms with Gasteiger partial charge in [0, 0.05) is 18.8 Å². The second-order valence-electron chi connectivity index (χ2n) is 7.20. The van der Waals surface area contributed by atoms with Crippen LogP contribution in [-0.4, -0.2) is 46.4 Å². The molecule has 34 heavy (non-hydrogen) atoms. The largest absolute Gasteiger partial charge is 0.497 e. The molecule has 174 valence electrons. The predicted octanol–water partition coefficient (Wildman–Crippen LogP) is 3.41. The summed E-state index contributed by atoms with van der Waals surface area (Å²) in [5.74, 6) is 0.779. The fourth-order valence-electron chi connectivity index (χ4n) is 3.20. The lowest BCUT2D eigenvalue weighted by atomic mass is 10.2. The molecular formula is C24H23N5O4S. The average Bonchev–Trinajstić information content (AvgIpc) is 3.29. The lowest BCUT2D eigenvalue weighted by Gasteiger charge is -2.11. The first kappa shape index (κ1) is 23.1. The maximum atomic E-state index is 12.6. The third-order valence-electron chi connectivity index (χ3n) is 4.94. The van der Waals surface area contributed by atoms with Crippen LogP contribution in [-0.2, 0) is 11.3 Å². The first-order valence-electron chi connectivity index (χ1n) is 10.4. The van der Waals surface area contributed by atoms with Crippen molar-refractivity contribution >= 4 is 34.9 Å². The summed E-state index contributed by atoms with van der Waals surface area (Å²) in [4.78, 5) is 25.1. The monoisotopic (exact) mass is 477 g/mol. The molecule has 0 radical (unpaired) electrons. The summed E-state index contributed by atoms with van der Waals surface area (Å²) in [6, 6.07) is 18.2. The molecule has 0 atom stereocenters. The number of ether oxygens (including phenoxy) is 2. The number of aromatic nitrogens is 3. The summed E-state index contributed by atoms with van der Waals surface area (Å²) in [6.45, 7) is 0.427. The fourth-order valence-corrected chi connectivity index (χ4v) is 3.92. The van der Waals surface area contributed by atoms with Crippen LogP contribution in [0.5, 0.6) is 11.5 Å². The molecule has 0 bridgehead atoms. The van der Waals surface area contributed by atoms with Gasteiger partial charge in [0.2, 0.25) is 5.91 Å². The number of thioether (sulfide) groups is 1. The number of amides is 2. The standard InChI is InChI=1S/C24H23N5O4S/c1-32-18-9-10-19(20(12-18)33-2)26-22(30)15-34-24-28-27-21-11-8-17(14-29(21)24)23(31)25-13-16-6-4-3-5-7-16/h3-12,14H,13,15H2,1-2H3,(H,25,31)(H,26,30). The smallest absolute Gasteiger partial charge is 0.253 e. The summed E-state index contributed by atoms with van der Waals surface area (Å²) in [6.07, 6.45) is 1.67. The van der Waals surface area contributed by atoms with Gasteiger partial charge >= 0.3 is 0 Å². The van der Waals surface area contributed by atoms with E-state index in [0.29, 0.717) is 40.1 Å². The van der Waals surface area contributed by atoms with Crippen molar-refractivity contribution in [2.45, 2.75) is 11.7 Å². The van der Waals surface area contributed by atoms with Crippen LogP contribution >= 0.6 is 11.8 Å². The molecule has 9 nitrogen and oxygen atoms in total. The summed E-state index contributed by atoms with van der Waals surface area (Å²) in [5, 5.41) is 14.5. The molecule has 2 heterocycles. The van der Waals surface area contributed by atoms with Crippen molar-refractivity contribution in [2.24, 2.45) is 0 Å². The maximum Gasteiger partial charge on any atom is 0.253 e. The number of fused-ring (bicyclic) bond motifs is 1. The number of hydrogen-bond acceptors (Lipinski definition) is 7. The maximum absolute atomic E-state index is 12.6. The van der Waals surface area contributed by atoms with Gasteiger partial charge in [-0.25, -0.2) is 0 Å². The van der Waals surface area contributed by atoms with Crippen LogP contribution in [0.1, 0.15) is 15.9 Å². The minimum Gasteiger partial charge on any atom is -0.497 e. The molecule has 2 aromatic carbocycles. The number of anilines is 1. The Morgan fingerprint density at radius 3 is 2.59 bits per heavy atom. The van der Waals surface area contributed by atoms with Gasteiger partial charge in [-0.15, -0.1) is 10.2 Å². The van der Waals surface area contributed by atoms with Gasteiger partial charge in [0.1, 0.15) is 11.5 Å². The first-order valence-corrected chi connectivity index (χ1v) is 11.4. The number of benzene rings is 2. The highest BCUT2D eigenvalue weighted by Crippen LogP contribution is 2.29. The van der Waals surface area contributed by atoms with Crippen molar-refractivity contribution in [3.8, 4) is 11.5 Å². The van der Waals surface area contributed by atoms with Crippen LogP contribution in [0.15, 0.2) is 72.0 Å². The summed E-state index contributed by atoms with van der Waals surface area (Å²) < 4.78 is 12.2. The lowest BCUT2D eigenvalue weighted by Crippen LogP contribution is -2.23. The Kier molecular flexibility index (Phi) is 7.28. The Balaban J connectivity index is 1.40. The molecule has 0 unspecified atom stereocenters. The molecule has 10 heteroatoms. The topological polar surface area (TPSA) is 107 Å². The van der Waals surface area contributed by atoms with Crippen molar-refractivity contribution in [3.05, 3.63) is 78.0 Å². The number of nitrogens with zero attached hydrogens (tertiary/aromatic N) is 3. The van der Waals surface area contributed by atoms with Gasteiger partial charge in [0.05, 0.1) is 31.2 Å². The first-order chi connectivity index (χ1) is 16.6. The Hall–Kier alpha value is -4.05. The third-order valence-corrected chi connectivity index (χ3v) is 5.89. The van der Waals surface area contributed by atoms with E-state index in [0.717, 1.165) is 5.56 Å². The summed E-state index contributed by atoms with van der Waals surface area (Å²) in [5.41, 5.74) is 2.60. The van der Waals surface area contributed by atoms with Crippen molar-refractivity contribution < 1.29 is 19.1 Å². The van der Waals surface area contributed by atoms with E-state index in [-0.39, 0.29) is 17.6 Å². The normalized spacial score (nSPS) is 10.6. The third kappa shape index (κ3) is 5.46. The highest BCUT2D eigenvalue weighted by Gasteiger charge is 2.14. The zero-order valence-corrected chi connectivity index (χ0v) is 19.5. The van der Waals surface area contributed by atoms with Gasteiger partial charge in [-0.1, -0.05) is 42.1 Å². The van der Waals surface area contributed by atoms with Crippen molar-refractivity contribution in [3.63, 3.8) is 0 Å². The lowest BCUT2D eigenvalue weighted by molar-refractivity contribution is -0.113. The van der Waals surface area contributed by atoms with Gasteiger partial charge < -0.3 is 20.1 Å². The van der Waals surface area contributed by atoms with E-state index in [2.05, 4.69) is 20.8 Å². The van der Waals surface area contributed by atoms with Gasteiger partial charge in [-0.2, -0.15) is 0 Å². The minimum atomic E-state index is -0.234. The van der Waals surface area contributed by atoms with Gasteiger partial charge in [0.15, 0.2) is 10.8 Å². The molecule has 0 aliphatic carbocycles. The second kappa shape index (κ2) is 10.7. The van der Waals surface area contributed by atoms with Crippen molar-refractivity contribution in [2.75, 3.05) is 25.3 Å². The zero-order valence-electron chi connectivity index (χ0n) is 18.6. The Morgan fingerprint density at radius 2 is 1.82 bits per heavy atom. The van der Waals surface area contributed by atoms with E-state index in [9.17, 15) is 9.59 Å². The van der Waals surface area contributed by atoms with E-state index in [1.807, 2.05) is 30.3 Å². The van der Waals surface area contributed by atoms with Gasteiger partial charge in [-0.05, 0) is 29.8 Å². The molecule has 2 aromatic heterocycles. The molecule has 4 aromatic rings. The molecular weight excluding hydrogens is 454 g/mol. The summed E-state index contributed by atoms with van der Waals surface area (Å²) >= 11 is 1.22.